The number of rotatable bonds is 4. The van der Waals surface area contributed by atoms with E-state index in [1.165, 1.54) is 11.1 Å². The van der Waals surface area contributed by atoms with Crippen molar-refractivity contribution in [2.75, 3.05) is 14.2 Å². The van der Waals surface area contributed by atoms with Gasteiger partial charge in [-0.25, -0.2) is 4.98 Å². The van der Waals surface area contributed by atoms with Crippen LogP contribution in [0.3, 0.4) is 0 Å². The van der Waals surface area contributed by atoms with Crippen molar-refractivity contribution in [1.29, 1.82) is 0 Å². The van der Waals surface area contributed by atoms with E-state index in [0.29, 0.717) is 21.3 Å². The van der Waals surface area contributed by atoms with Gasteiger partial charge in [-0.15, -0.1) is 0 Å². The normalized spacial score (nSPS) is 11.1. The van der Waals surface area contributed by atoms with Crippen LogP contribution in [-0.4, -0.2) is 28.6 Å². The molecular weight excluding hydrogens is 406 g/mol. The van der Waals surface area contributed by atoms with E-state index in [2.05, 4.69) is 42.0 Å². The summed E-state index contributed by atoms with van der Waals surface area (Å²) in [6.45, 7) is 4.20. The highest BCUT2D eigenvalue weighted by molar-refractivity contribution is 7.71. The van der Waals surface area contributed by atoms with E-state index in [4.69, 9.17) is 33.3 Å². The molecule has 0 fully saturated rings. The zero-order valence-electron chi connectivity index (χ0n) is 16.5. The van der Waals surface area contributed by atoms with E-state index >= 15 is 0 Å². The topological polar surface area (TPSA) is 51.5 Å². The highest BCUT2D eigenvalue weighted by Crippen LogP contribution is 2.40. The molecule has 7 heteroatoms. The standard InChI is InChI=1S/C22H20ClN3O2S/c1-12-5-6-14(7-13(12)2)18-11-26-21(25-18)16(10-24-22(26)29)15-8-20(28-4)17(23)9-19(15)27-3/h5-11,25H,1-4H3. The van der Waals surface area contributed by atoms with Crippen molar-refractivity contribution in [3.8, 4) is 33.9 Å². The molecule has 0 bridgehead atoms. The summed E-state index contributed by atoms with van der Waals surface area (Å²) in [5.41, 5.74) is 6.98. The number of aromatic nitrogens is 3. The van der Waals surface area contributed by atoms with Crippen LogP contribution in [0.5, 0.6) is 11.5 Å². The molecule has 4 rings (SSSR count). The summed E-state index contributed by atoms with van der Waals surface area (Å²) in [6, 6.07) is 9.94. The molecule has 0 aliphatic carbocycles. The number of halogens is 1. The summed E-state index contributed by atoms with van der Waals surface area (Å²) in [7, 11) is 3.19. The van der Waals surface area contributed by atoms with Gasteiger partial charge in [-0.3, -0.25) is 4.40 Å². The minimum Gasteiger partial charge on any atom is -0.496 e. The van der Waals surface area contributed by atoms with Crippen LogP contribution in [0.1, 0.15) is 11.1 Å². The van der Waals surface area contributed by atoms with Crippen molar-refractivity contribution >= 4 is 29.5 Å². The Hall–Kier alpha value is -2.83. The zero-order valence-corrected chi connectivity index (χ0v) is 18.1. The maximum Gasteiger partial charge on any atom is 0.205 e. The molecule has 0 amide bonds. The second-order valence-electron chi connectivity index (χ2n) is 6.83. The molecule has 0 radical (unpaired) electrons. The van der Waals surface area contributed by atoms with Gasteiger partial charge in [0.1, 0.15) is 17.1 Å². The van der Waals surface area contributed by atoms with E-state index in [1.807, 2.05) is 16.7 Å². The van der Waals surface area contributed by atoms with Gasteiger partial charge in [0.25, 0.3) is 0 Å². The van der Waals surface area contributed by atoms with Crippen molar-refractivity contribution in [2.45, 2.75) is 13.8 Å². The molecule has 5 nitrogen and oxygen atoms in total. The number of benzene rings is 2. The molecule has 29 heavy (non-hydrogen) atoms. The van der Waals surface area contributed by atoms with Crippen LogP contribution in [0.15, 0.2) is 42.7 Å². The van der Waals surface area contributed by atoms with Gasteiger partial charge in [-0.2, -0.15) is 0 Å². The number of ether oxygens (including phenoxy) is 2. The zero-order chi connectivity index (χ0) is 20.7. The van der Waals surface area contributed by atoms with Gasteiger partial charge in [0.05, 0.1) is 24.9 Å². The summed E-state index contributed by atoms with van der Waals surface area (Å²) in [4.78, 5) is 7.90. The first kappa shape index (κ1) is 19.5. The first-order chi connectivity index (χ1) is 13.9. The summed E-state index contributed by atoms with van der Waals surface area (Å²) in [5, 5.41) is 0.479. The molecule has 0 saturated heterocycles. The lowest BCUT2D eigenvalue weighted by Crippen LogP contribution is -1.96. The molecule has 0 saturated carbocycles. The van der Waals surface area contributed by atoms with Crippen LogP contribution < -0.4 is 9.47 Å². The average molecular weight is 426 g/mol. The second-order valence-corrected chi connectivity index (χ2v) is 7.60. The fourth-order valence-corrected chi connectivity index (χ4v) is 3.76. The molecule has 0 unspecified atom stereocenters. The Morgan fingerprint density at radius 1 is 1.00 bits per heavy atom. The van der Waals surface area contributed by atoms with E-state index < -0.39 is 0 Å². The molecule has 2 aromatic carbocycles. The summed E-state index contributed by atoms with van der Waals surface area (Å²) in [5.74, 6) is 1.18. The summed E-state index contributed by atoms with van der Waals surface area (Å²) < 4.78 is 13.3. The van der Waals surface area contributed by atoms with E-state index in [1.54, 1.807) is 26.5 Å². The van der Waals surface area contributed by atoms with Crippen molar-refractivity contribution in [3.63, 3.8) is 0 Å². The minimum atomic E-state index is 0.468. The molecule has 0 spiro atoms. The Bertz CT molecular complexity index is 1290. The second kappa shape index (κ2) is 7.54. The smallest absolute Gasteiger partial charge is 0.205 e. The lowest BCUT2D eigenvalue weighted by Gasteiger charge is -2.13. The van der Waals surface area contributed by atoms with E-state index in [9.17, 15) is 0 Å². The largest absolute Gasteiger partial charge is 0.496 e. The molecule has 1 N–H and O–H groups in total. The van der Waals surface area contributed by atoms with Gasteiger partial charge in [0, 0.05) is 29.6 Å². The lowest BCUT2D eigenvalue weighted by atomic mass is 10.0. The van der Waals surface area contributed by atoms with Gasteiger partial charge in [-0.05, 0) is 54.9 Å². The number of H-pyrrole nitrogens is 1. The number of fused-ring (bicyclic) bond motifs is 1. The Balaban J connectivity index is 1.98. The quantitative estimate of drug-likeness (QED) is 0.406. The predicted octanol–water partition coefficient (Wildman–Crippen LogP) is 6.01. The van der Waals surface area contributed by atoms with Gasteiger partial charge in [0.15, 0.2) is 0 Å². The Morgan fingerprint density at radius 3 is 2.45 bits per heavy atom. The minimum absolute atomic E-state index is 0.468. The van der Waals surface area contributed by atoms with Gasteiger partial charge < -0.3 is 14.5 Å². The molecule has 0 aliphatic heterocycles. The Kier molecular flexibility index (Phi) is 5.06. The SMILES string of the molecule is COc1cc(-c2cnc(=S)n3cc(-c4ccc(C)c(C)c4)[nH]c23)c(OC)cc1Cl. The molecule has 2 aromatic heterocycles. The summed E-state index contributed by atoms with van der Waals surface area (Å²) >= 11 is 11.7. The molecule has 2 heterocycles. The molecule has 0 aliphatic rings. The number of hydrogen-bond donors (Lipinski definition) is 1. The van der Waals surface area contributed by atoms with Crippen LogP contribution in [-0.2, 0) is 0 Å². The number of aryl methyl sites for hydroxylation is 2. The van der Waals surface area contributed by atoms with Crippen LogP contribution in [0.4, 0.5) is 0 Å². The predicted molar refractivity (Wildman–Crippen MR) is 119 cm³/mol. The van der Waals surface area contributed by atoms with E-state index in [-0.39, 0.29) is 0 Å². The highest BCUT2D eigenvalue weighted by Gasteiger charge is 2.17. The van der Waals surface area contributed by atoms with Gasteiger partial charge in [-0.1, -0.05) is 23.7 Å². The third kappa shape index (κ3) is 3.39. The highest BCUT2D eigenvalue weighted by atomic mass is 35.5. The number of hydrogen-bond acceptors (Lipinski definition) is 4. The van der Waals surface area contributed by atoms with Crippen molar-refractivity contribution in [3.05, 3.63) is 63.6 Å². The maximum absolute atomic E-state index is 6.27. The number of nitrogens with one attached hydrogen (secondary N) is 1. The number of methoxy groups -OCH3 is 2. The average Bonchev–Trinajstić information content (AvgIpc) is 3.17. The molecular formula is C22H20ClN3O2S. The lowest BCUT2D eigenvalue weighted by molar-refractivity contribution is 0.404. The van der Waals surface area contributed by atoms with Crippen LogP contribution in [0, 0.1) is 18.6 Å². The molecule has 0 atom stereocenters. The van der Waals surface area contributed by atoms with Crippen molar-refractivity contribution in [1.82, 2.24) is 14.4 Å². The Morgan fingerprint density at radius 2 is 1.76 bits per heavy atom. The van der Waals surface area contributed by atoms with Crippen LogP contribution in [0.2, 0.25) is 5.02 Å². The maximum atomic E-state index is 6.27. The molecule has 148 valence electrons. The number of nitrogens with zero attached hydrogens (tertiary/aromatic N) is 2. The third-order valence-electron chi connectivity index (χ3n) is 5.10. The van der Waals surface area contributed by atoms with Crippen LogP contribution in [0.25, 0.3) is 28.0 Å². The first-order valence-electron chi connectivity index (χ1n) is 9.03. The third-order valence-corrected chi connectivity index (χ3v) is 5.70. The van der Waals surface area contributed by atoms with Gasteiger partial charge >= 0.3 is 0 Å². The van der Waals surface area contributed by atoms with Crippen molar-refractivity contribution < 1.29 is 9.47 Å². The fourth-order valence-electron chi connectivity index (χ4n) is 3.33. The monoisotopic (exact) mass is 425 g/mol. The first-order valence-corrected chi connectivity index (χ1v) is 9.81. The van der Waals surface area contributed by atoms with Gasteiger partial charge in [0.2, 0.25) is 4.77 Å². The number of imidazole rings is 1. The fraction of sp³-hybridized carbons (Fsp3) is 0.182. The number of aromatic amines is 1. The molecule has 4 aromatic rings. The summed E-state index contributed by atoms with van der Waals surface area (Å²) in [6.07, 6.45) is 3.71. The van der Waals surface area contributed by atoms with Crippen LogP contribution >= 0.6 is 23.8 Å². The Labute approximate surface area is 178 Å². The van der Waals surface area contributed by atoms with Crippen molar-refractivity contribution in [2.24, 2.45) is 0 Å². The van der Waals surface area contributed by atoms with E-state index in [0.717, 1.165) is 28.0 Å².